The summed E-state index contributed by atoms with van der Waals surface area (Å²) in [5.41, 5.74) is 3.91. The van der Waals surface area contributed by atoms with Crippen molar-refractivity contribution in [3.05, 3.63) is 70.5 Å². The third-order valence-electron chi connectivity index (χ3n) is 5.57. The number of aryl methyl sites for hydroxylation is 3. The molecule has 0 aromatic heterocycles. The number of fused-ring (bicyclic) bond motifs is 1. The van der Waals surface area contributed by atoms with Crippen molar-refractivity contribution in [2.75, 3.05) is 0 Å². The van der Waals surface area contributed by atoms with Gasteiger partial charge in [0.25, 0.3) is 0 Å². The van der Waals surface area contributed by atoms with Crippen LogP contribution >= 0.6 is 0 Å². The Morgan fingerprint density at radius 1 is 0.923 bits per heavy atom. The summed E-state index contributed by atoms with van der Waals surface area (Å²) in [6.45, 7) is 6.02. The molecule has 0 radical (unpaired) electrons. The van der Waals surface area contributed by atoms with E-state index < -0.39 is 5.41 Å². The standard InChI is InChI=1S/C23H22O3/c1-14-11-15(2)22(16(3)12-14)23(20(24)9-10-21(23)25)13-18-8-7-17-5-4-6-19(17)26-18/h4-8,11-12H,9-10,13H2,1-3H3. The van der Waals surface area contributed by atoms with Crippen molar-refractivity contribution in [3.8, 4) is 11.3 Å². The molecule has 26 heavy (non-hydrogen) atoms. The lowest BCUT2D eigenvalue weighted by Gasteiger charge is -2.30. The summed E-state index contributed by atoms with van der Waals surface area (Å²) in [5, 5.41) is 0. The van der Waals surface area contributed by atoms with Crippen molar-refractivity contribution >= 4 is 11.6 Å². The molecule has 0 amide bonds. The number of Topliss-reactive ketones (excluding diaryl/α,β-unsaturated/α-hetero) is 2. The van der Waals surface area contributed by atoms with Crippen LogP contribution in [0.15, 0.2) is 46.9 Å². The third kappa shape index (κ3) is 2.42. The van der Waals surface area contributed by atoms with Gasteiger partial charge in [0, 0.05) is 24.8 Å². The molecule has 3 aliphatic rings. The minimum absolute atomic E-state index is 0.00959. The maximum atomic E-state index is 13.1. The Bertz CT molecular complexity index is 953. The predicted octanol–water partition coefficient (Wildman–Crippen LogP) is 4.72. The molecule has 0 spiro atoms. The number of ketones is 2. The van der Waals surface area contributed by atoms with E-state index in [1.165, 1.54) is 0 Å². The molecule has 132 valence electrons. The van der Waals surface area contributed by atoms with Crippen LogP contribution in [0.4, 0.5) is 0 Å². The summed E-state index contributed by atoms with van der Waals surface area (Å²) >= 11 is 0. The number of carbonyl (C=O) groups is 2. The molecule has 1 aliphatic heterocycles. The van der Waals surface area contributed by atoms with E-state index in [9.17, 15) is 9.59 Å². The molecule has 0 bridgehead atoms. The van der Waals surface area contributed by atoms with Crippen molar-refractivity contribution in [3.63, 3.8) is 0 Å². The molecule has 1 fully saturated rings. The lowest BCUT2D eigenvalue weighted by atomic mass is 9.70. The van der Waals surface area contributed by atoms with E-state index in [1.54, 1.807) is 0 Å². The van der Waals surface area contributed by atoms with E-state index in [0.29, 0.717) is 18.6 Å². The van der Waals surface area contributed by atoms with Crippen LogP contribution in [-0.4, -0.2) is 11.6 Å². The number of carbonyl (C=O) groups excluding carboxylic acids is 2. The fraction of sp³-hybridized carbons (Fsp3) is 0.304. The summed E-state index contributed by atoms with van der Waals surface area (Å²) < 4.78 is 6.01. The van der Waals surface area contributed by atoms with E-state index >= 15 is 0 Å². The topological polar surface area (TPSA) is 47.3 Å². The summed E-state index contributed by atoms with van der Waals surface area (Å²) in [4.78, 5) is 26.1. The van der Waals surface area contributed by atoms with Crippen LogP contribution in [0.1, 0.15) is 40.9 Å². The van der Waals surface area contributed by atoms with Gasteiger partial charge < -0.3 is 4.42 Å². The van der Waals surface area contributed by atoms with E-state index in [2.05, 4.69) is 12.1 Å². The van der Waals surface area contributed by atoms with Gasteiger partial charge in [0.05, 0.1) is 0 Å². The summed E-state index contributed by atoms with van der Waals surface area (Å²) in [5.74, 6) is 1.48. The Kier molecular flexibility index (Phi) is 3.83. The molecule has 1 aromatic rings. The highest BCUT2D eigenvalue weighted by atomic mass is 16.3. The lowest BCUT2D eigenvalue weighted by Crippen LogP contribution is -2.41. The van der Waals surface area contributed by atoms with Crippen LogP contribution in [0.2, 0.25) is 0 Å². The van der Waals surface area contributed by atoms with Crippen LogP contribution in [0, 0.1) is 20.8 Å². The number of hydrogen-bond acceptors (Lipinski definition) is 3. The van der Waals surface area contributed by atoms with Crippen LogP contribution in [0.25, 0.3) is 11.3 Å². The Balaban J connectivity index is 1.90. The van der Waals surface area contributed by atoms with E-state index in [0.717, 1.165) is 33.6 Å². The molecule has 0 saturated heterocycles. The summed E-state index contributed by atoms with van der Waals surface area (Å²) in [6, 6.07) is 13.8. The monoisotopic (exact) mass is 346 g/mol. The second-order valence-corrected chi connectivity index (χ2v) is 7.45. The maximum Gasteiger partial charge on any atom is 0.151 e. The van der Waals surface area contributed by atoms with Crippen molar-refractivity contribution in [2.24, 2.45) is 0 Å². The summed E-state index contributed by atoms with van der Waals surface area (Å²) in [7, 11) is 0. The van der Waals surface area contributed by atoms with Crippen molar-refractivity contribution in [1.29, 1.82) is 0 Å². The molecular formula is C23H22O3. The highest BCUT2D eigenvalue weighted by molar-refractivity contribution is 6.18. The van der Waals surface area contributed by atoms with Crippen LogP contribution in [0.3, 0.4) is 0 Å². The third-order valence-corrected chi connectivity index (χ3v) is 5.57. The van der Waals surface area contributed by atoms with Crippen LogP contribution in [0.5, 0.6) is 0 Å². The second kappa shape index (κ2) is 5.94. The van der Waals surface area contributed by atoms with Gasteiger partial charge in [-0.15, -0.1) is 0 Å². The fourth-order valence-electron chi connectivity index (χ4n) is 4.59. The van der Waals surface area contributed by atoms with Gasteiger partial charge in [-0.05, 0) is 55.7 Å². The zero-order chi connectivity index (χ0) is 18.5. The first kappa shape index (κ1) is 16.8. The van der Waals surface area contributed by atoms with Crippen molar-refractivity contribution in [1.82, 2.24) is 0 Å². The van der Waals surface area contributed by atoms with Gasteiger partial charge in [-0.2, -0.15) is 0 Å². The molecule has 1 aromatic carbocycles. The molecule has 4 rings (SSSR count). The number of benzene rings is 1. The highest BCUT2D eigenvalue weighted by Gasteiger charge is 2.52. The minimum atomic E-state index is -1.12. The SMILES string of the molecule is Cc1cc(C)c(C2(Cc3ccc4cccc-4o3)C(=O)CCC2=O)c(C)c1. The van der Waals surface area contributed by atoms with Gasteiger partial charge in [-0.3, -0.25) is 9.59 Å². The zero-order valence-corrected chi connectivity index (χ0v) is 15.4. The molecule has 0 N–H and O–H groups in total. The van der Waals surface area contributed by atoms with Gasteiger partial charge in [0.15, 0.2) is 11.6 Å². The van der Waals surface area contributed by atoms with Gasteiger partial charge in [0.1, 0.15) is 16.9 Å². The minimum Gasteiger partial charge on any atom is -0.461 e. The van der Waals surface area contributed by atoms with Gasteiger partial charge in [-0.1, -0.05) is 29.8 Å². The number of hydrogen-bond donors (Lipinski definition) is 0. The Hall–Kier alpha value is -2.68. The molecule has 3 heteroatoms. The molecule has 1 saturated carbocycles. The molecular weight excluding hydrogens is 324 g/mol. The summed E-state index contributed by atoms with van der Waals surface area (Å²) in [6.07, 6.45) is 0.908. The fourth-order valence-corrected chi connectivity index (χ4v) is 4.59. The second-order valence-electron chi connectivity index (χ2n) is 7.45. The van der Waals surface area contributed by atoms with E-state index in [-0.39, 0.29) is 18.0 Å². The highest BCUT2D eigenvalue weighted by Crippen LogP contribution is 2.42. The Morgan fingerprint density at radius 2 is 1.58 bits per heavy atom. The molecule has 3 nitrogen and oxygen atoms in total. The Labute approximate surface area is 153 Å². The van der Waals surface area contributed by atoms with Crippen molar-refractivity contribution in [2.45, 2.75) is 45.4 Å². The van der Waals surface area contributed by atoms with Gasteiger partial charge in [0.2, 0.25) is 0 Å². The number of rotatable bonds is 3. The van der Waals surface area contributed by atoms with Crippen molar-refractivity contribution < 1.29 is 14.0 Å². The predicted molar refractivity (Wildman–Crippen MR) is 101 cm³/mol. The smallest absolute Gasteiger partial charge is 0.151 e. The van der Waals surface area contributed by atoms with E-state index in [4.69, 9.17) is 4.42 Å². The largest absolute Gasteiger partial charge is 0.461 e. The molecule has 0 atom stereocenters. The first-order valence-electron chi connectivity index (χ1n) is 9.04. The first-order chi connectivity index (χ1) is 12.4. The first-order valence-corrected chi connectivity index (χ1v) is 9.04. The molecule has 2 aliphatic carbocycles. The average Bonchev–Trinajstić information content (AvgIpc) is 3.14. The average molecular weight is 346 g/mol. The lowest BCUT2D eigenvalue weighted by molar-refractivity contribution is -0.129. The van der Waals surface area contributed by atoms with Crippen LogP contribution in [-0.2, 0) is 21.4 Å². The molecule has 0 unspecified atom stereocenters. The quantitative estimate of drug-likeness (QED) is 0.645. The zero-order valence-electron chi connectivity index (χ0n) is 15.4. The van der Waals surface area contributed by atoms with Crippen LogP contribution < -0.4 is 0 Å². The van der Waals surface area contributed by atoms with Gasteiger partial charge in [-0.25, -0.2) is 0 Å². The molecule has 1 heterocycles. The van der Waals surface area contributed by atoms with Gasteiger partial charge >= 0.3 is 0 Å². The Morgan fingerprint density at radius 3 is 2.23 bits per heavy atom. The normalized spacial score (nSPS) is 16.6. The maximum absolute atomic E-state index is 13.1. The van der Waals surface area contributed by atoms with E-state index in [1.807, 2.05) is 51.1 Å².